The number of nitrogens with zero attached hydrogens (tertiary/aromatic N) is 1. The highest BCUT2D eigenvalue weighted by atomic mass is 19.4. The van der Waals surface area contributed by atoms with Gasteiger partial charge in [0.05, 0.1) is 18.4 Å². The molecular formula is C19H21F3N2O3. The van der Waals surface area contributed by atoms with Crippen molar-refractivity contribution in [2.75, 3.05) is 12.4 Å². The summed E-state index contributed by atoms with van der Waals surface area (Å²) in [6.07, 6.45) is -4.10. The Labute approximate surface area is 155 Å². The molecule has 0 radical (unpaired) electrons. The van der Waals surface area contributed by atoms with Crippen LogP contribution in [0.1, 0.15) is 37.6 Å². The molecule has 0 atom stereocenters. The third-order valence-corrected chi connectivity index (χ3v) is 3.48. The first kappa shape index (κ1) is 20.5. The zero-order valence-corrected chi connectivity index (χ0v) is 15.5. The maximum Gasteiger partial charge on any atom is 0.417 e. The number of rotatable bonds is 4. The lowest BCUT2D eigenvalue weighted by molar-refractivity contribution is -0.137. The molecule has 27 heavy (non-hydrogen) atoms. The Morgan fingerprint density at radius 2 is 1.85 bits per heavy atom. The fourth-order valence-corrected chi connectivity index (χ4v) is 2.33. The minimum absolute atomic E-state index is 0.209. The molecule has 0 aliphatic carbocycles. The summed E-state index contributed by atoms with van der Waals surface area (Å²) < 4.78 is 48.5. The predicted molar refractivity (Wildman–Crippen MR) is 94.9 cm³/mol. The zero-order chi connectivity index (χ0) is 20.2. The van der Waals surface area contributed by atoms with E-state index in [-0.39, 0.29) is 6.42 Å². The van der Waals surface area contributed by atoms with E-state index in [1.54, 1.807) is 39.0 Å². The highest BCUT2D eigenvalue weighted by Gasteiger charge is 2.30. The zero-order valence-electron chi connectivity index (χ0n) is 15.5. The topological polar surface area (TPSA) is 60.5 Å². The van der Waals surface area contributed by atoms with Crippen molar-refractivity contribution in [1.29, 1.82) is 0 Å². The third kappa shape index (κ3) is 5.87. The first-order chi connectivity index (χ1) is 12.5. The van der Waals surface area contributed by atoms with Crippen molar-refractivity contribution in [3.05, 3.63) is 53.3 Å². The standard InChI is InChI=1S/C19H21F3N2O3/c1-18(2,3)27-17(25)24-16-12(6-5-7-15(16)26-4)10-14-9-8-13(11-23-14)19(20,21)22/h5-9,11H,10H2,1-4H3,(H,24,25). The van der Waals surface area contributed by atoms with E-state index < -0.39 is 23.4 Å². The van der Waals surface area contributed by atoms with Crippen molar-refractivity contribution in [1.82, 2.24) is 4.98 Å². The van der Waals surface area contributed by atoms with Crippen molar-refractivity contribution in [2.45, 2.75) is 39.0 Å². The van der Waals surface area contributed by atoms with Gasteiger partial charge in [-0.05, 0) is 44.5 Å². The Kier molecular flexibility index (Phi) is 5.98. The lowest BCUT2D eigenvalue weighted by atomic mass is 10.1. The van der Waals surface area contributed by atoms with E-state index in [4.69, 9.17) is 9.47 Å². The van der Waals surface area contributed by atoms with E-state index in [0.29, 0.717) is 22.7 Å². The van der Waals surface area contributed by atoms with E-state index in [2.05, 4.69) is 10.3 Å². The molecule has 0 saturated heterocycles. The molecule has 1 amide bonds. The number of amides is 1. The van der Waals surface area contributed by atoms with Crippen LogP contribution in [-0.4, -0.2) is 23.8 Å². The molecule has 1 aromatic heterocycles. The predicted octanol–water partition coefficient (Wildman–Crippen LogP) is 5.05. The van der Waals surface area contributed by atoms with Gasteiger partial charge in [-0.25, -0.2) is 4.79 Å². The van der Waals surface area contributed by atoms with Crippen molar-refractivity contribution in [3.8, 4) is 5.75 Å². The molecule has 0 spiro atoms. The Balaban J connectivity index is 2.27. The summed E-state index contributed by atoms with van der Waals surface area (Å²) in [6, 6.07) is 7.40. The maximum absolute atomic E-state index is 12.7. The highest BCUT2D eigenvalue weighted by molar-refractivity contribution is 5.88. The Morgan fingerprint density at radius 3 is 2.37 bits per heavy atom. The molecule has 0 saturated carbocycles. The smallest absolute Gasteiger partial charge is 0.417 e. The first-order valence-corrected chi connectivity index (χ1v) is 8.17. The Bertz CT molecular complexity index is 797. The molecule has 2 aromatic rings. The second-order valence-corrected chi connectivity index (χ2v) is 6.83. The maximum atomic E-state index is 12.7. The highest BCUT2D eigenvalue weighted by Crippen LogP contribution is 2.32. The number of carbonyl (C=O) groups excluding carboxylic acids is 1. The first-order valence-electron chi connectivity index (χ1n) is 8.17. The van der Waals surface area contributed by atoms with Crippen LogP contribution < -0.4 is 10.1 Å². The van der Waals surface area contributed by atoms with Gasteiger partial charge in [0.25, 0.3) is 0 Å². The van der Waals surface area contributed by atoms with E-state index in [1.165, 1.54) is 13.2 Å². The summed E-state index contributed by atoms with van der Waals surface area (Å²) in [5.74, 6) is 0.408. The summed E-state index contributed by atoms with van der Waals surface area (Å²) in [7, 11) is 1.45. The number of aromatic nitrogens is 1. The summed E-state index contributed by atoms with van der Waals surface area (Å²) in [6.45, 7) is 5.21. The number of nitrogens with one attached hydrogen (secondary N) is 1. The minimum atomic E-state index is -4.44. The van der Waals surface area contributed by atoms with Gasteiger partial charge < -0.3 is 9.47 Å². The number of pyridine rings is 1. The average Bonchev–Trinajstić information content (AvgIpc) is 2.54. The van der Waals surface area contributed by atoms with Gasteiger partial charge in [-0.2, -0.15) is 13.2 Å². The van der Waals surface area contributed by atoms with Gasteiger partial charge in [0.1, 0.15) is 11.4 Å². The van der Waals surface area contributed by atoms with Gasteiger partial charge in [0.2, 0.25) is 0 Å². The number of hydrogen-bond acceptors (Lipinski definition) is 4. The Hall–Kier alpha value is -2.77. The van der Waals surface area contributed by atoms with Crippen LogP contribution in [0.4, 0.5) is 23.7 Å². The molecule has 0 aliphatic heterocycles. The van der Waals surface area contributed by atoms with Gasteiger partial charge in [0, 0.05) is 18.3 Å². The molecule has 146 valence electrons. The second kappa shape index (κ2) is 7.85. The van der Waals surface area contributed by atoms with Crippen molar-refractivity contribution in [2.24, 2.45) is 0 Å². The molecule has 1 N–H and O–H groups in total. The number of para-hydroxylation sites is 1. The number of ether oxygens (including phenoxy) is 2. The number of hydrogen-bond donors (Lipinski definition) is 1. The van der Waals surface area contributed by atoms with Crippen LogP contribution in [-0.2, 0) is 17.3 Å². The average molecular weight is 382 g/mol. The fourth-order valence-electron chi connectivity index (χ4n) is 2.33. The molecule has 2 rings (SSSR count). The number of halogens is 3. The molecular weight excluding hydrogens is 361 g/mol. The van der Waals surface area contributed by atoms with Gasteiger partial charge >= 0.3 is 12.3 Å². The normalized spacial score (nSPS) is 11.8. The van der Waals surface area contributed by atoms with Gasteiger partial charge in [-0.15, -0.1) is 0 Å². The van der Waals surface area contributed by atoms with Crippen molar-refractivity contribution in [3.63, 3.8) is 0 Å². The summed E-state index contributed by atoms with van der Waals surface area (Å²) in [5, 5.41) is 2.65. The summed E-state index contributed by atoms with van der Waals surface area (Å²) in [5.41, 5.74) is -0.0581. The molecule has 0 fully saturated rings. The molecule has 1 heterocycles. The van der Waals surface area contributed by atoms with Crippen molar-refractivity contribution >= 4 is 11.8 Å². The van der Waals surface area contributed by atoms with E-state index in [0.717, 1.165) is 12.3 Å². The van der Waals surface area contributed by atoms with E-state index >= 15 is 0 Å². The molecule has 8 heteroatoms. The van der Waals surface area contributed by atoms with Crippen LogP contribution >= 0.6 is 0 Å². The number of carbonyl (C=O) groups is 1. The van der Waals surface area contributed by atoms with Crippen LogP contribution in [0.2, 0.25) is 0 Å². The molecule has 1 aromatic carbocycles. The summed E-state index contributed by atoms with van der Waals surface area (Å²) >= 11 is 0. The number of benzene rings is 1. The van der Waals surface area contributed by atoms with Crippen LogP contribution in [0.15, 0.2) is 36.5 Å². The molecule has 0 aliphatic rings. The van der Waals surface area contributed by atoms with Gasteiger partial charge in [-0.3, -0.25) is 10.3 Å². The quantitative estimate of drug-likeness (QED) is 0.804. The second-order valence-electron chi connectivity index (χ2n) is 6.83. The third-order valence-electron chi connectivity index (χ3n) is 3.48. The largest absolute Gasteiger partial charge is 0.495 e. The van der Waals surface area contributed by atoms with E-state index in [1.807, 2.05) is 0 Å². The molecule has 0 bridgehead atoms. The Morgan fingerprint density at radius 1 is 1.15 bits per heavy atom. The summed E-state index contributed by atoms with van der Waals surface area (Å²) in [4.78, 5) is 16.0. The van der Waals surface area contributed by atoms with Gasteiger partial charge in [-0.1, -0.05) is 12.1 Å². The van der Waals surface area contributed by atoms with Crippen LogP contribution in [0.5, 0.6) is 5.75 Å². The monoisotopic (exact) mass is 382 g/mol. The number of alkyl halides is 3. The molecule has 5 nitrogen and oxygen atoms in total. The lowest BCUT2D eigenvalue weighted by Crippen LogP contribution is -2.27. The molecule has 0 unspecified atom stereocenters. The van der Waals surface area contributed by atoms with Crippen LogP contribution in [0, 0.1) is 0 Å². The fraction of sp³-hybridized carbons (Fsp3) is 0.368. The van der Waals surface area contributed by atoms with Crippen LogP contribution in [0.25, 0.3) is 0 Å². The van der Waals surface area contributed by atoms with E-state index in [9.17, 15) is 18.0 Å². The minimum Gasteiger partial charge on any atom is -0.495 e. The SMILES string of the molecule is COc1cccc(Cc2ccc(C(F)(F)F)cn2)c1NC(=O)OC(C)(C)C. The number of methoxy groups -OCH3 is 1. The van der Waals surface area contributed by atoms with Gasteiger partial charge in [0.15, 0.2) is 0 Å². The lowest BCUT2D eigenvalue weighted by Gasteiger charge is -2.21. The number of anilines is 1. The van der Waals surface area contributed by atoms with Crippen molar-refractivity contribution < 1.29 is 27.4 Å². The van der Waals surface area contributed by atoms with Crippen LogP contribution in [0.3, 0.4) is 0 Å².